The van der Waals surface area contributed by atoms with Gasteiger partial charge in [-0.25, -0.2) is 0 Å². The van der Waals surface area contributed by atoms with E-state index in [2.05, 4.69) is 0 Å². The Hall–Kier alpha value is -5.38. The number of anilines is 2. The zero-order valence-electron chi connectivity index (χ0n) is 24.8. The number of hydrogen-bond acceptors (Lipinski definition) is 9. The second-order valence-corrected chi connectivity index (χ2v) is 10.6. The van der Waals surface area contributed by atoms with Crippen molar-refractivity contribution in [1.29, 1.82) is 0 Å². The first-order chi connectivity index (χ1) is 21.1. The lowest BCUT2D eigenvalue weighted by molar-refractivity contribution is -0.144. The van der Waals surface area contributed by atoms with Crippen molar-refractivity contribution in [3.63, 3.8) is 0 Å². The number of hydrogen-bond donors (Lipinski definition) is 1. The van der Waals surface area contributed by atoms with Gasteiger partial charge in [-0.15, -0.1) is 0 Å². The minimum Gasteiger partial charge on any atom is -0.508 e. The largest absolute Gasteiger partial charge is 0.508 e. The van der Waals surface area contributed by atoms with Crippen molar-refractivity contribution in [2.75, 3.05) is 39.3 Å². The normalized spacial score (nSPS) is 16.5. The number of amides is 1. The van der Waals surface area contributed by atoms with Crippen LogP contribution in [-0.2, 0) is 23.9 Å². The summed E-state index contributed by atoms with van der Waals surface area (Å²) in [6.45, 7) is 1.07. The summed E-state index contributed by atoms with van der Waals surface area (Å²) in [6, 6.07) is 18.0. The number of phenols is 1. The molecule has 1 amide bonds. The van der Waals surface area contributed by atoms with Gasteiger partial charge in [-0.3, -0.25) is 19.2 Å². The summed E-state index contributed by atoms with van der Waals surface area (Å²) in [5.41, 5.74) is 4.65. The van der Waals surface area contributed by atoms with Crippen LogP contribution in [-0.4, -0.2) is 68.0 Å². The monoisotopic (exact) mass is 596 g/mol. The molecule has 1 N–H and O–H groups in total. The fourth-order valence-electron chi connectivity index (χ4n) is 5.52. The molecule has 0 saturated heterocycles. The first-order valence-electron chi connectivity index (χ1n) is 13.9. The van der Waals surface area contributed by atoms with Crippen molar-refractivity contribution in [1.82, 2.24) is 4.90 Å². The van der Waals surface area contributed by atoms with Crippen LogP contribution < -0.4 is 9.64 Å². The molecule has 1 heterocycles. The molecule has 0 saturated carbocycles. The molecular formula is C34H32N2O8. The van der Waals surface area contributed by atoms with E-state index < -0.39 is 30.9 Å². The predicted octanol–water partition coefficient (Wildman–Crippen LogP) is 4.42. The number of aryl methyl sites for hydroxylation is 1. The van der Waals surface area contributed by atoms with Crippen molar-refractivity contribution >= 4 is 35.0 Å². The van der Waals surface area contributed by atoms with E-state index in [1.54, 1.807) is 24.3 Å². The zero-order chi connectivity index (χ0) is 31.5. The van der Waals surface area contributed by atoms with Crippen LogP contribution in [0.2, 0.25) is 0 Å². The summed E-state index contributed by atoms with van der Waals surface area (Å²) in [7, 11) is 4.32. The van der Waals surface area contributed by atoms with E-state index in [1.165, 1.54) is 26.4 Å². The maximum atomic E-state index is 13.4. The van der Waals surface area contributed by atoms with Gasteiger partial charge in [-0.1, -0.05) is 18.2 Å². The number of aromatic hydroxyl groups is 1. The molecule has 10 nitrogen and oxygen atoms in total. The Kier molecular flexibility index (Phi) is 8.52. The molecule has 3 aromatic rings. The van der Waals surface area contributed by atoms with Crippen molar-refractivity contribution in [3.8, 4) is 11.5 Å². The van der Waals surface area contributed by atoms with Gasteiger partial charge in [-0.2, -0.15) is 0 Å². The topological polar surface area (TPSA) is 123 Å². The Morgan fingerprint density at radius 1 is 0.886 bits per heavy atom. The molecule has 10 heteroatoms. The summed E-state index contributed by atoms with van der Waals surface area (Å²) in [6.07, 6.45) is 4.88. The van der Waals surface area contributed by atoms with Crippen LogP contribution in [0.25, 0.3) is 0 Å². The lowest BCUT2D eigenvalue weighted by Gasteiger charge is -2.36. The molecule has 2 aliphatic rings. The van der Waals surface area contributed by atoms with Gasteiger partial charge < -0.3 is 29.1 Å². The van der Waals surface area contributed by atoms with Crippen molar-refractivity contribution < 1.29 is 38.5 Å². The second kappa shape index (κ2) is 12.5. The fourth-order valence-corrected chi connectivity index (χ4v) is 5.52. The minimum atomic E-state index is -0.664. The van der Waals surface area contributed by atoms with E-state index in [0.717, 1.165) is 33.0 Å². The van der Waals surface area contributed by atoms with Gasteiger partial charge in [-0.05, 0) is 66.6 Å². The molecule has 0 aromatic heterocycles. The highest BCUT2D eigenvalue weighted by Gasteiger charge is 2.37. The van der Waals surface area contributed by atoms with Crippen molar-refractivity contribution in [2.45, 2.75) is 12.8 Å². The first kappa shape index (κ1) is 30.1. The van der Waals surface area contributed by atoms with Crippen LogP contribution in [0.1, 0.15) is 33.0 Å². The summed E-state index contributed by atoms with van der Waals surface area (Å²) >= 11 is 0. The summed E-state index contributed by atoms with van der Waals surface area (Å²) in [4.78, 5) is 52.7. The Bertz CT molecular complexity index is 1670. The summed E-state index contributed by atoms with van der Waals surface area (Å²) in [5, 5.41) is 9.69. The number of carbonyl (C=O) groups is 4. The van der Waals surface area contributed by atoms with E-state index in [9.17, 15) is 24.3 Å². The van der Waals surface area contributed by atoms with Crippen LogP contribution in [0, 0.1) is 12.8 Å². The number of esters is 2. The number of ketones is 1. The lowest BCUT2D eigenvalue weighted by atomic mass is 9.74. The van der Waals surface area contributed by atoms with Gasteiger partial charge >= 0.3 is 11.9 Å². The van der Waals surface area contributed by atoms with Gasteiger partial charge in [0.1, 0.15) is 30.3 Å². The third kappa shape index (κ3) is 6.05. The molecule has 2 atom stereocenters. The molecule has 1 aliphatic heterocycles. The number of benzene rings is 3. The van der Waals surface area contributed by atoms with Gasteiger partial charge in [0.25, 0.3) is 5.91 Å². The second-order valence-electron chi connectivity index (χ2n) is 10.6. The van der Waals surface area contributed by atoms with E-state index in [4.69, 9.17) is 14.2 Å². The molecular weight excluding hydrogens is 564 g/mol. The Labute approximate surface area is 254 Å². The smallest absolute Gasteiger partial charge is 0.325 e. The Morgan fingerprint density at radius 3 is 2.16 bits per heavy atom. The predicted molar refractivity (Wildman–Crippen MR) is 162 cm³/mol. The highest BCUT2D eigenvalue weighted by atomic mass is 16.5. The standard InChI is InChI=1S/C34H32N2O8/c1-20-15-21(34(41)36(18-31(39)42-3)19-32(40)43-4)5-12-26(20)33-27-13-8-23(35(2)22-6-9-24(37)10-7-22)16-29(27)44-30-17-25(38)11-14-28(30)33/h5-17,28,33,37H,18-19H2,1-4H3. The van der Waals surface area contributed by atoms with Crippen LogP contribution in [0.4, 0.5) is 11.4 Å². The number of phenolic OH excluding ortho intramolecular Hbond substituents is 1. The molecule has 5 rings (SSSR count). The maximum absolute atomic E-state index is 13.4. The van der Waals surface area contributed by atoms with Gasteiger partial charge in [0.2, 0.25) is 0 Å². The average Bonchev–Trinajstić information content (AvgIpc) is 3.02. The Morgan fingerprint density at radius 2 is 1.52 bits per heavy atom. The van der Waals surface area contributed by atoms with Crippen LogP contribution in [0.15, 0.2) is 84.7 Å². The highest BCUT2D eigenvalue weighted by molar-refractivity contribution is 6.01. The van der Waals surface area contributed by atoms with Crippen LogP contribution >= 0.6 is 0 Å². The quantitative estimate of drug-likeness (QED) is 0.377. The van der Waals surface area contributed by atoms with Crippen molar-refractivity contribution in [2.24, 2.45) is 5.92 Å². The third-order valence-corrected chi connectivity index (χ3v) is 7.86. The van der Waals surface area contributed by atoms with E-state index in [1.807, 2.05) is 61.3 Å². The van der Waals surface area contributed by atoms with E-state index in [-0.39, 0.29) is 23.4 Å². The molecule has 0 bridgehead atoms. The summed E-state index contributed by atoms with van der Waals surface area (Å²) < 4.78 is 15.7. The number of nitrogens with zero attached hydrogens (tertiary/aromatic N) is 2. The number of allylic oxidation sites excluding steroid dienone is 3. The zero-order valence-corrected chi connectivity index (χ0v) is 24.8. The van der Waals surface area contributed by atoms with Gasteiger partial charge in [0.05, 0.1) is 14.2 Å². The molecule has 3 aromatic carbocycles. The molecule has 2 unspecified atom stereocenters. The molecule has 1 aliphatic carbocycles. The number of rotatable bonds is 8. The van der Waals surface area contributed by atoms with E-state index in [0.29, 0.717) is 17.1 Å². The SMILES string of the molecule is COC(=O)CN(CC(=O)OC)C(=O)c1ccc(C2c3ccc(N(C)c4ccc(O)cc4)cc3OC3=CC(=O)C=CC32)c(C)c1. The highest BCUT2D eigenvalue weighted by Crippen LogP contribution is 2.49. The number of ether oxygens (including phenoxy) is 3. The lowest BCUT2D eigenvalue weighted by Crippen LogP contribution is -2.40. The number of carbonyl (C=O) groups excluding carboxylic acids is 4. The molecule has 44 heavy (non-hydrogen) atoms. The molecule has 226 valence electrons. The first-order valence-corrected chi connectivity index (χ1v) is 13.9. The third-order valence-electron chi connectivity index (χ3n) is 7.86. The summed E-state index contributed by atoms with van der Waals surface area (Å²) in [5.74, 6) is -1.19. The minimum absolute atomic E-state index is 0.162. The van der Waals surface area contributed by atoms with E-state index >= 15 is 0 Å². The fraction of sp³-hybridized carbons (Fsp3) is 0.235. The average molecular weight is 597 g/mol. The van der Waals surface area contributed by atoms with Crippen LogP contribution in [0.3, 0.4) is 0 Å². The maximum Gasteiger partial charge on any atom is 0.325 e. The van der Waals surface area contributed by atoms with Crippen molar-refractivity contribution in [3.05, 3.63) is 107 Å². The number of methoxy groups -OCH3 is 2. The van der Waals surface area contributed by atoms with Crippen LogP contribution in [0.5, 0.6) is 11.5 Å². The molecule has 0 spiro atoms. The molecule has 0 fully saturated rings. The number of fused-ring (bicyclic) bond motifs is 2. The Balaban J connectivity index is 1.52. The van der Waals surface area contributed by atoms with Gasteiger partial charge in [0.15, 0.2) is 5.78 Å². The van der Waals surface area contributed by atoms with Gasteiger partial charge in [0, 0.05) is 53.5 Å². The molecule has 0 radical (unpaired) electrons.